The van der Waals surface area contributed by atoms with Gasteiger partial charge in [0, 0.05) is 67.2 Å². The van der Waals surface area contributed by atoms with Gasteiger partial charge in [0.1, 0.15) is 10.7 Å². The van der Waals surface area contributed by atoms with Crippen LogP contribution in [-0.2, 0) is 55.9 Å². The molecule has 0 spiro atoms. The fourth-order valence-electron chi connectivity index (χ4n) is 6.89. The van der Waals surface area contributed by atoms with Gasteiger partial charge in [-0.05, 0) is 56.2 Å². The summed E-state index contributed by atoms with van der Waals surface area (Å²) in [4.78, 5) is 55.3. The Kier molecular flexibility index (Phi) is 10.8. The highest BCUT2D eigenvalue weighted by Gasteiger charge is 2.44. The number of carbonyl (C=O) groups is 4. The van der Waals surface area contributed by atoms with E-state index in [-0.39, 0.29) is 65.5 Å². The van der Waals surface area contributed by atoms with Gasteiger partial charge in [0.25, 0.3) is 21.9 Å². The maximum atomic E-state index is 13.4. The van der Waals surface area contributed by atoms with Gasteiger partial charge >= 0.3 is 5.97 Å². The number of hydrogen-bond acceptors (Lipinski definition) is 11. The zero-order valence-corrected chi connectivity index (χ0v) is 32.0. The van der Waals surface area contributed by atoms with Gasteiger partial charge < -0.3 is 14.8 Å². The van der Waals surface area contributed by atoms with Gasteiger partial charge in [-0.25, -0.2) is 13.2 Å². The highest BCUT2D eigenvalue weighted by Crippen LogP contribution is 2.40. The lowest BCUT2D eigenvalue weighted by Gasteiger charge is -2.23. The van der Waals surface area contributed by atoms with Gasteiger partial charge in [-0.15, -0.1) is 5.06 Å². The molecule has 0 bridgehead atoms. The lowest BCUT2D eigenvalue weighted by molar-refractivity contribution is -0.599. The first kappa shape index (κ1) is 39.7. The maximum Gasteiger partial charge on any atom is 0.333 e. The molecule has 0 unspecified atom stereocenters. The molecule has 1 fully saturated rings. The summed E-state index contributed by atoms with van der Waals surface area (Å²) in [6.07, 6.45) is 4.90. The molecule has 2 aromatic carbocycles. The van der Waals surface area contributed by atoms with Crippen molar-refractivity contribution in [2.45, 2.75) is 62.8 Å². The minimum absolute atomic E-state index is 0.00730. The summed E-state index contributed by atoms with van der Waals surface area (Å²) in [6.45, 7) is 3.94. The van der Waals surface area contributed by atoms with Crippen molar-refractivity contribution in [1.29, 1.82) is 5.26 Å². The number of imide groups is 1. The van der Waals surface area contributed by atoms with Gasteiger partial charge in [-0.3, -0.25) is 18.9 Å². The van der Waals surface area contributed by atoms with Crippen molar-refractivity contribution in [3.8, 4) is 11.8 Å². The highest BCUT2D eigenvalue weighted by molar-refractivity contribution is 7.96. The first-order valence-corrected chi connectivity index (χ1v) is 20.6. The van der Waals surface area contributed by atoms with E-state index >= 15 is 0 Å². The lowest BCUT2D eigenvalue weighted by atomic mass is 9.82. The molecule has 0 aliphatic carbocycles. The van der Waals surface area contributed by atoms with E-state index in [4.69, 9.17) is 4.84 Å². The Balaban J connectivity index is 1.20. The van der Waals surface area contributed by atoms with Crippen molar-refractivity contribution in [2.24, 2.45) is 0 Å². The monoisotopic (exact) mass is 801 g/mol. The van der Waals surface area contributed by atoms with Gasteiger partial charge in [-0.2, -0.15) is 18.2 Å². The molecule has 17 heteroatoms. The average Bonchev–Trinajstić information content (AvgIpc) is 3.66. The summed E-state index contributed by atoms with van der Waals surface area (Å²) < 4.78 is 60.1. The standard InChI is InChI=1S/C39H36N4O11S2/c1-39(2)29-21-25(24-41(18-6-20-55(49,50)51)34(44)15-16-37(47)54-43-35(45)13-14-36(43)46)11-12-30(29)42-19-17-26(22-33(39)42)27(23-40)7-5-10-32-38(48)28-8-3-4-9-31(28)56(32,52)53/h3-5,7-12,17,19,21-22H,6,13-16,18,20,24H2,1-2H3,(H,49,50,51)/p+1. The number of hydroxylamine groups is 2. The molecule has 2 N–H and O–H groups in total. The molecular weight excluding hydrogens is 765 g/mol. The van der Waals surface area contributed by atoms with Crippen LogP contribution in [0.2, 0.25) is 0 Å². The SMILES string of the molecule is CC1(C)c2cc(CN(CCCS(=O)(=O)O)C(=O)CCC(=O)ON3C(=O)CCC3=O)ccc2-[n+]2ccc(C(C#N)=CC=CC3=C(O)c4ccccc4S3(=O)=O)cc21. The van der Waals surface area contributed by atoms with Crippen molar-refractivity contribution >= 4 is 55.0 Å². The quantitative estimate of drug-likeness (QED) is 0.0830. The molecule has 290 valence electrons. The third kappa shape index (κ3) is 7.89. The Morgan fingerprint density at radius 2 is 1.79 bits per heavy atom. The number of aliphatic hydroxyl groups excluding tert-OH is 1. The number of allylic oxidation sites excluding steroid dienone is 4. The molecule has 15 nitrogen and oxygen atoms in total. The van der Waals surface area contributed by atoms with E-state index in [1.165, 1.54) is 35.3 Å². The van der Waals surface area contributed by atoms with E-state index < -0.39 is 61.2 Å². The molecule has 56 heavy (non-hydrogen) atoms. The summed E-state index contributed by atoms with van der Waals surface area (Å²) in [6, 6.07) is 17.5. The van der Waals surface area contributed by atoms with E-state index in [1.54, 1.807) is 24.3 Å². The van der Waals surface area contributed by atoms with Crippen molar-refractivity contribution in [1.82, 2.24) is 9.96 Å². The van der Waals surface area contributed by atoms with Gasteiger partial charge in [0.2, 0.25) is 21.4 Å². The van der Waals surface area contributed by atoms with Crippen molar-refractivity contribution < 1.29 is 55.1 Å². The van der Waals surface area contributed by atoms with Crippen LogP contribution in [0.15, 0.2) is 88.8 Å². The van der Waals surface area contributed by atoms with Gasteiger partial charge in [0.15, 0.2) is 11.9 Å². The topological polar surface area (TPSA) is 220 Å². The number of aromatic nitrogens is 1. The third-order valence-corrected chi connectivity index (χ3v) is 12.4. The smallest absolute Gasteiger partial charge is 0.333 e. The van der Waals surface area contributed by atoms with Crippen molar-refractivity contribution in [3.05, 3.63) is 112 Å². The number of fused-ring (bicyclic) bond motifs is 4. The van der Waals surface area contributed by atoms with Crippen molar-refractivity contribution in [3.63, 3.8) is 0 Å². The largest absolute Gasteiger partial charge is 0.506 e. The number of benzene rings is 2. The van der Waals surface area contributed by atoms with E-state index in [1.807, 2.05) is 42.8 Å². The number of sulfone groups is 1. The summed E-state index contributed by atoms with van der Waals surface area (Å²) in [7, 11) is -8.24. The predicted octanol–water partition coefficient (Wildman–Crippen LogP) is 3.77. The fraction of sp³-hybridized carbons (Fsp3) is 0.282. The summed E-state index contributed by atoms with van der Waals surface area (Å²) in [5, 5.41) is 21.1. The zero-order valence-electron chi connectivity index (χ0n) is 30.3. The van der Waals surface area contributed by atoms with E-state index in [9.17, 15) is 50.9 Å². The van der Waals surface area contributed by atoms with E-state index in [0.717, 1.165) is 16.9 Å². The minimum Gasteiger partial charge on any atom is -0.506 e. The second-order valence-corrected chi connectivity index (χ2v) is 17.4. The maximum absolute atomic E-state index is 13.4. The Labute approximate surface area is 323 Å². The lowest BCUT2D eigenvalue weighted by Crippen LogP contribution is -2.34. The average molecular weight is 802 g/mol. The predicted molar refractivity (Wildman–Crippen MR) is 199 cm³/mol. The molecular formula is C39H37N4O11S2+. The zero-order chi connectivity index (χ0) is 40.6. The van der Waals surface area contributed by atoms with Crippen LogP contribution in [0.1, 0.15) is 73.9 Å². The molecule has 0 radical (unpaired) electrons. The molecule has 3 aliphatic rings. The van der Waals surface area contributed by atoms with Gasteiger partial charge in [0.05, 0.1) is 34.1 Å². The van der Waals surface area contributed by atoms with Crippen LogP contribution in [0.4, 0.5) is 0 Å². The fourth-order valence-corrected chi connectivity index (χ4v) is 8.95. The Bertz CT molecular complexity index is 2530. The number of rotatable bonds is 13. The number of amides is 3. The second-order valence-electron chi connectivity index (χ2n) is 13.9. The van der Waals surface area contributed by atoms with Crippen molar-refractivity contribution in [2.75, 3.05) is 12.3 Å². The minimum atomic E-state index is -4.31. The Hall–Kier alpha value is -5.96. The molecule has 0 atom stereocenters. The molecule has 6 rings (SSSR count). The second kappa shape index (κ2) is 15.3. The molecule has 3 aliphatic heterocycles. The van der Waals surface area contributed by atoms with Gasteiger partial charge in [-0.1, -0.05) is 24.3 Å². The Morgan fingerprint density at radius 3 is 2.46 bits per heavy atom. The number of nitriles is 1. The van der Waals surface area contributed by atoms with Crippen LogP contribution in [-0.4, -0.2) is 72.4 Å². The molecule has 1 aromatic heterocycles. The molecule has 3 amide bonds. The molecule has 0 saturated carbocycles. The molecule has 3 aromatic rings. The molecule has 1 saturated heterocycles. The first-order chi connectivity index (χ1) is 26.4. The number of hydrogen-bond donors (Lipinski definition) is 2. The summed E-state index contributed by atoms with van der Waals surface area (Å²) in [5.74, 6) is -3.74. The normalized spacial score (nSPS) is 16.8. The number of carbonyl (C=O) groups excluding carboxylic acids is 4. The highest BCUT2D eigenvalue weighted by atomic mass is 32.2. The van der Waals surface area contributed by atoms with Crippen LogP contribution in [0.3, 0.4) is 0 Å². The van der Waals surface area contributed by atoms with Crippen LogP contribution in [0, 0.1) is 11.3 Å². The van der Waals surface area contributed by atoms with Crippen LogP contribution >= 0.6 is 0 Å². The Morgan fingerprint density at radius 1 is 1.07 bits per heavy atom. The van der Waals surface area contributed by atoms with Crippen LogP contribution in [0.5, 0.6) is 0 Å². The van der Waals surface area contributed by atoms with E-state index in [2.05, 4.69) is 6.07 Å². The first-order valence-electron chi connectivity index (χ1n) is 17.5. The number of nitrogens with zero attached hydrogens (tertiary/aromatic N) is 4. The van der Waals surface area contributed by atoms with Crippen LogP contribution in [0.25, 0.3) is 17.0 Å². The summed E-state index contributed by atoms with van der Waals surface area (Å²) >= 11 is 0. The van der Waals surface area contributed by atoms with Crippen LogP contribution < -0.4 is 4.57 Å². The number of pyridine rings is 1. The summed E-state index contributed by atoms with van der Waals surface area (Å²) in [5.41, 5.74) is 3.64. The third-order valence-electron chi connectivity index (χ3n) is 9.78. The van der Waals surface area contributed by atoms with E-state index in [0.29, 0.717) is 16.2 Å². The number of aliphatic hydroxyl groups is 1. The molecule has 4 heterocycles.